The number of para-hydroxylation sites is 1. The second-order valence-electron chi connectivity index (χ2n) is 11.1. The molecule has 4 bridgehead atoms. The smallest absolute Gasteiger partial charge is 0.415 e. The molecule has 2 saturated carbocycles. The van der Waals surface area contributed by atoms with Crippen LogP contribution in [0.25, 0.3) is 0 Å². The fourth-order valence-electron chi connectivity index (χ4n) is 9.33. The largest absolute Gasteiger partial charge is 0.508 e. The number of alkyl halides is 1. The van der Waals surface area contributed by atoms with Crippen LogP contribution in [0.15, 0.2) is 48.5 Å². The average molecular weight is 463 g/mol. The molecule has 0 spiro atoms. The van der Waals surface area contributed by atoms with Crippen molar-refractivity contribution in [1.82, 2.24) is 9.80 Å². The van der Waals surface area contributed by atoms with Gasteiger partial charge in [0.05, 0.1) is 0 Å². The minimum atomic E-state index is -0.309. The van der Waals surface area contributed by atoms with Crippen LogP contribution in [-0.2, 0) is 11.8 Å². The van der Waals surface area contributed by atoms with Crippen LogP contribution < -0.4 is 4.74 Å². The van der Waals surface area contributed by atoms with Crippen molar-refractivity contribution in [2.75, 3.05) is 26.3 Å². The highest BCUT2D eigenvalue weighted by Crippen LogP contribution is 2.75. The van der Waals surface area contributed by atoms with Crippen LogP contribution in [0.4, 0.5) is 9.18 Å². The van der Waals surface area contributed by atoms with Crippen molar-refractivity contribution in [3.63, 3.8) is 0 Å². The second kappa shape index (κ2) is 7.20. The number of fused-ring (bicyclic) bond motifs is 1. The van der Waals surface area contributed by atoms with Crippen molar-refractivity contribution in [3.8, 4) is 11.5 Å². The third-order valence-electron chi connectivity index (χ3n) is 10.1. The number of ether oxygens (including phenoxy) is 1. The van der Waals surface area contributed by atoms with Crippen LogP contribution >= 0.6 is 0 Å². The maximum absolute atomic E-state index is 13.5. The van der Waals surface area contributed by atoms with Gasteiger partial charge in [0.2, 0.25) is 0 Å². The van der Waals surface area contributed by atoms with Crippen LogP contribution in [-0.4, -0.2) is 59.4 Å². The molecule has 34 heavy (non-hydrogen) atoms. The highest BCUT2D eigenvalue weighted by Gasteiger charge is 2.76. The Balaban J connectivity index is 1.31. The number of benzene rings is 2. The molecule has 2 aromatic rings. The summed E-state index contributed by atoms with van der Waals surface area (Å²) in [7, 11) is 0. The van der Waals surface area contributed by atoms with Crippen molar-refractivity contribution >= 4 is 6.09 Å². The SMILES string of the molecule is O=C(Oc1ccccc1)N1C[C@H]2C[C@@]34CCC1C2[C@@]31CCN(CCF)[C@@H]4Cc2ccc(O)cc21. The molecule has 2 unspecified atom stereocenters. The summed E-state index contributed by atoms with van der Waals surface area (Å²) in [4.78, 5) is 17.7. The molecule has 6 atom stereocenters. The van der Waals surface area contributed by atoms with Gasteiger partial charge in [-0.3, -0.25) is 4.90 Å². The van der Waals surface area contributed by atoms with Gasteiger partial charge in [0, 0.05) is 30.6 Å². The lowest BCUT2D eigenvalue weighted by molar-refractivity contribution is -0.102. The zero-order chi connectivity index (χ0) is 23.1. The summed E-state index contributed by atoms with van der Waals surface area (Å²) in [5, 5.41) is 10.5. The minimum Gasteiger partial charge on any atom is -0.508 e. The summed E-state index contributed by atoms with van der Waals surface area (Å²) < 4.78 is 19.3. The number of likely N-dealkylation sites (tertiary alicyclic amines) is 2. The number of phenolic OH excluding ortho intramolecular Hbond substituents is 1. The van der Waals surface area contributed by atoms with Gasteiger partial charge in [0.15, 0.2) is 0 Å². The number of rotatable bonds is 3. The summed E-state index contributed by atoms with van der Waals surface area (Å²) in [6.45, 7) is 1.81. The number of hydrogen-bond acceptors (Lipinski definition) is 4. The Morgan fingerprint density at radius 3 is 2.85 bits per heavy atom. The van der Waals surface area contributed by atoms with E-state index >= 15 is 0 Å². The Kier molecular flexibility index (Phi) is 4.39. The van der Waals surface area contributed by atoms with Gasteiger partial charge in [-0.15, -0.1) is 0 Å². The van der Waals surface area contributed by atoms with Crippen LogP contribution in [0, 0.1) is 17.3 Å². The predicted molar refractivity (Wildman–Crippen MR) is 126 cm³/mol. The lowest BCUT2D eigenvalue weighted by Crippen LogP contribution is -2.70. The number of phenols is 1. The van der Waals surface area contributed by atoms with E-state index in [0.717, 1.165) is 45.2 Å². The first-order valence-corrected chi connectivity index (χ1v) is 12.7. The molecule has 6 heteroatoms. The molecule has 0 radical (unpaired) electrons. The normalized spacial score (nSPS) is 37.3. The summed E-state index contributed by atoms with van der Waals surface area (Å²) in [6.07, 6.45) is 4.75. The van der Waals surface area contributed by atoms with Crippen molar-refractivity contribution in [2.45, 2.75) is 49.6 Å². The molecule has 4 fully saturated rings. The van der Waals surface area contributed by atoms with E-state index in [1.165, 1.54) is 11.1 Å². The zero-order valence-electron chi connectivity index (χ0n) is 19.3. The average Bonchev–Trinajstić information content (AvgIpc) is 3.28. The summed E-state index contributed by atoms with van der Waals surface area (Å²) >= 11 is 0. The number of hydrogen-bond donors (Lipinski definition) is 1. The predicted octanol–water partition coefficient (Wildman–Crippen LogP) is 4.53. The molecule has 3 aliphatic carbocycles. The van der Waals surface area contributed by atoms with Gasteiger partial charge in [-0.25, -0.2) is 9.18 Å². The molecule has 2 aliphatic heterocycles. The lowest BCUT2D eigenvalue weighted by atomic mass is 9.43. The van der Waals surface area contributed by atoms with Crippen LogP contribution in [0.3, 0.4) is 0 Å². The third kappa shape index (κ3) is 2.50. The van der Waals surface area contributed by atoms with Gasteiger partial charge in [-0.2, -0.15) is 0 Å². The third-order valence-corrected chi connectivity index (χ3v) is 10.1. The molecular weight excluding hydrogens is 431 g/mol. The van der Waals surface area contributed by atoms with Gasteiger partial charge in [-0.1, -0.05) is 24.3 Å². The minimum absolute atomic E-state index is 0.0633. The number of halogens is 1. The highest BCUT2D eigenvalue weighted by atomic mass is 19.1. The molecule has 1 N–H and O–H groups in total. The van der Waals surface area contributed by atoms with E-state index in [1.807, 2.05) is 41.3 Å². The number of piperidine rings is 1. The first kappa shape index (κ1) is 20.7. The lowest BCUT2D eigenvalue weighted by Gasteiger charge is -2.66. The summed E-state index contributed by atoms with van der Waals surface area (Å²) in [6, 6.07) is 15.7. The number of nitrogens with zero attached hydrogens (tertiary/aromatic N) is 2. The number of carbonyl (C=O) groups excluding carboxylic acids is 1. The summed E-state index contributed by atoms with van der Waals surface area (Å²) in [5.74, 6) is 1.68. The van der Waals surface area contributed by atoms with E-state index < -0.39 is 0 Å². The van der Waals surface area contributed by atoms with Gasteiger partial charge >= 0.3 is 6.09 Å². The Morgan fingerprint density at radius 2 is 2.03 bits per heavy atom. The fourth-order valence-corrected chi connectivity index (χ4v) is 9.33. The molecule has 178 valence electrons. The van der Waals surface area contributed by atoms with E-state index in [-0.39, 0.29) is 29.6 Å². The van der Waals surface area contributed by atoms with Crippen molar-refractivity contribution in [1.29, 1.82) is 0 Å². The van der Waals surface area contributed by atoms with Gasteiger partial charge in [0.1, 0.15) is 18.2 Å². The van der Waals surface area contributed by atoms with E-state index in [2.05, 4.69) is 11.0 Å². The number of carbonyl (C=O) groups is 1. The topological polar surface area (TPSA) is 53.0 Å². The Hall–Kier alpha value is -2.60. The first-order valence-electron chi connectivity index (χ1n) is 12.7. The molecule has 2 heterocycles. The van der Waals surface area contributed by atoms with Gasteiger partial charge in [-0.05, 0) is 91.3 Å². The molecule has 1 amide bonds. The molecule has 0 aromatic heterocycles. The maximum Gasteiger partial charge on any atom is 0.415 e. The molecular formula is C28H31FN2O3. The summed E-state index contributed by atoms with van der Waals surface area (Å²) in [5.41, 5.74) is 2.64. The number of amides is 1. The molecule has 5 aliphatic rings. The Morgan fingerprint density at radius 1 is 1.18 bits per heavy atom. The fraction of sp³-hybridized carbons (Fsp3) is 0.536. The molecule has 2 aromatic carbocycles. The van der Waals surface area contributed by atoms with Crippen LogP contribution in [0.5, 0.6) is 11.5 Å². The van der Waals surface area contributed by atoms with Gasteiger partial charge in [0.25, 0.3) is 0 Å². The highest BCUT2D eigenvalue weighted by molar-refractivity contribution is 5.72. The van der Waals surface area contributed by atoms with Crippen LogP contribution in [0.2, 0.25) is 0 Å². The second-order valence-corrected chi connectivity index (χ2v) is 11.1. The first-order chi connectivity index (χ1) is 16.6. The van der Waals surface area contributed by atoms with Crippen molar-refractivity contribution < 1.29 is 19.0 Å². The standard InChI is InChI=1S/C28H31FN2O3/c29-11-13-30-12-10-28-22-15-20(32)7-6-18(22)14-24(30)27(28)9-8-23-25(28)19(16-27)17-31(23)26(33)34-21-4-2-1-3-5-21/h1-7,15,19,23-25,32H,8-14,16-17H2/t19-,23?,24-,25?,27-,28+/m1/s1. The van der Waals surface area contributed by atoms with E-state index in [4.69, 9.17) is 4.74 Å². The molecule has 2 saturated heterocycles. The van der Waals surface area contributed by atoms with Crippen LogP contribution in [0.1, 0.15) is 36.8 Å². The molecule has 7 rings (SSSR count). The zero-order valence-corrected chi connectivity index (χ0v) is 19.3. The molecule has 5 nitrogen and oxygen atoms in total. The maximum atomic E-state index is 13.5. The quantitative estimate of drug-likeness (QED) is 0.728. The monoisotopic (exact) mass is 462 g/mol. The number of aromatic hydroxyl groups is 1. The Labute approximate surface area is 199 Å². The van der Waals surface area contributed by atoms with E-state index in [9.17, 15) is 14.3 Å². The van der Waals surface area contributed by atoms with E-state index in [0.29, 0.717) is 35.9 Å². The van der Waals surface area contributed by atoms with Gasteiger partial charge < -0.3 is 14.7 Å². The van der Waals surface area contributed by atoms with E-state index in [1.54, 1.807) is 6.07 Å². The Bertz CT molecular complexity index is 1140. The van der Waals surface area contributed by atoms with Crippen molar-refractivity contribution in [3.05, 3.63) is 59.7 Å². The van der Waals surface area contributed by atoms with Crippen molar-refractivity contribution in [2.24, 2.45) is 17.3 Å².